The van der Waals surface area contributed by atoms with Crippen LogP contribution in [0.5, 0.6) is 0 Å². The van der Waals surface area contributed by atoms with Gasteiger partial charge in [-0.2, -0.15) is 0 Å². The van der Waals surface area contributed by atoms with Gasteiger partial charge in [0.05, 0.1) is 0 Å². The average Bonchev–Trinajstić information content (AvgIpc) is 2.41. The van der Waals surface area contributed by atoms with E-state index in [9.17, 15) is 4.79 Å². The van der Waals surface area contributed by atoms with Gasteiger partial charge in [-0.05, 0) is 18.1 Å². The van der Waals surface area contributed by atoms with Gasteiger partial charge in [-0.1, -0.05) is 60.2 Å². The Bertz CT molecular complexity index is 490. The molecule has 0 atom stereocenters. The van der Waals surface area contributed by atoms with Gasteiger partial charge in [0.25, 0.3) is 0 Å². The van der Waals surface area contributed by atoms with E-state index in [1.165, 1.54) is 5.56 Å². The molecule has 0 aromatic heterocycles. The van der Waals surface area contributed by atoms with Crippen molar-refractivity contribution in [2.24, 2.45) is 0 Å². The molecular formula is C16H17NO. The summed E-state index contributed by atoms with van der Waals surface area (Å²) in [4.78, 5) is 12.9. The van der Waals surface area contributed by atoms with E-state index in [1.807, 2.05) is 30.3 Å². The van der Waals surface area contributed by atoms with E-state index in [0.29, 0.717) is 13.1 Å². The third-order valence-corrected chi connectivity index (χ3v) is 2.88. The second-order valence-corrected chi connectivity index (χ2v) is 4.48. The van der Waals surface area contributed by atoms with Crippen LogP contribution in [0, 0.1) is 6.92 Å². The molecule has 1 amide bonds. The molecule has 0 N–H and O–H groups in total. The fourth-order valence-electron chi connectivity index (χ4n) is 1.88. The number of aryl methyl sites for hydroxylation is 1. The Morgan fingerprint density at radius 2 is 1.44 bits per heavy atom. The lowest BCUT2D eigenvalue weighted by Gasteiger charge is -2.17. The van der Waals surface area contributed by atoms with E-state index in [2.05, 4.69) is 31.2 Å². The van der Waals surface area contributed by atoms with E-state index in [-0.39, 0.29) is 0 Å². The molecule has 2 rings (SSSR count). The van der Waals surface area contributed by atoms with E-state index < -0.39 is 0 Å². The van der Waals surface area contributed by atoms with E-state index in [1.54, 1.807) is 4.90 Å². The van der Waals surface area contributed by atoms with Crippen LogP contribution in [-0.2, 0) is 17.9 Å². The molecule has 92 valence electrons. The van der Waals surface area contributed by atoms with Crippen molar-refractivity contribution in [3.63, 3.8) is 0 Å². The van der Waals surface area contributed by atoms with Gasteiger partial charge in [-0.3, -0.25) is 4.79 Å². The zero-order chi connectivity index (χ0) is 12.8. The van der Waals surface area contributed by atoms with Crippen molar-refractivity contribution < 1.29 is 4.79 Å². The minimum atomic E-state index is 0.651. The summed E-state index contributed by atoms with van der Waals surface area (Å²) < 4.78 is 0. The summed E-state index contributed by atoms with van der Waals surface area (Å²) in [6.07, 6.45) is 0.910. The van der Waals surface area contributed by atoms with Crippen LogP contribution in [0.4, 0.5) is 0 Å². The number of amides is 1. The molecule has 2 nitrogen and oxygen atoms in total. The minimum Gasteiger partial charge on any atom is -0.337 e. The van der Waals surface area contributed by atoms with Gasteiger partial charge in [-0.15, -0.1) is 0 Å². The molecule has 2 aromatic carbocycles. The summed E-state index contributed by atoms with van der Waals surface area (Å²) >= 11 is 0. The van der Waals surface area contributed by atoms with Crippen LogP contribution in [0.3, 0.4) is 0 Å². The van der Waals surface area contributed by atoms with Crippen molar-refractivity contribution in [3.8, 4) is 0 Å². The predicted octanol–water partition coefficient (Wildman–Crippen LogP) is 3.15. The van der Waals surface area contributed by atoms with Crippen LogP contribution in [0.25, 0.3) is 0 Å². The Balaban J connectivity index is 2.01. The molecule has 0 spiro atoms. The van der Waals surface area contributed by atoms with Crippen molar-refractivity contribution in [1.29, 1.82) is 0 Å². The highest BCUT2D eigenvalue weighted by molar-refractivity contribution is 5.47. The third kappa shape index (κ3) is 3.45. The van der Waals surface area contributed by atoms with Crippen LogP contribution in [0.15, 0.2) is 54.6 Å². The summed E-state index contributed by atoms with van der Waals surface area (Å²) in [6.45, 7) is 3.36. The molecule has 0 fully saturated rings. The third-order valence-electron chi connectivity index (χ3n) is 2.88. The van der Waals surface area contributed by atoms with Crippen molar-refractivity contribution >= 4 is 6.41 Å². The van der Waals surface area contributed by atoms with Crippen LogP contribution in [0.1, 0.15) is 16.7 Å². The molecular weight excluding hydrogens is 222 g/mol. The van der Waals surface area contributed by atoms with Gasteiger partial charge in [0, 0.05) is 13.1 Å². The number of benzene rings is 2. The number of hydrogen-bond donors (Lipinski definition) is 0. The molecule has 0 heterocycles. The molecule has 0 saturated carbocycles. The van der Waals surface area contributed by atoms with Gasteiger partial charge in [0.2, 0.25) is 6.41 Å². The monoisotopic (exact) mass is 239 g/mol. The zero-order valence-electron chi connectivity index (χ0n) is 10.5. The Labute approximate surface area is 108 Å². The summed E-state index contributed by atoms with van der Waals surface area (Å²) in [6, 6.07) is 18.3. The largest absolute Gasteiger partial charge is 0.337 e. The molecule has 2 heteroatoms. The standard InChI is InChI=1S/C16H17NO/c1-14-7-9-16(10-8-14)12-17(13-18)11-15-5-3-2-4-6-15/h2-10,13H,11-12H2,1H3. The maximum Gasteiger partial charge on any atom is 0.210 e. The fraction of sp³-hybridized carbons (Fsp3) is 0.188. The first-order valence-corrected chi connectivity index (χ1v) is 6.07. The Hall–Kier alpha value is -2.09. The number of carbonyl (C=O) groups is 1. The number of nitrogens with zero attached hydrogens (tertiary/aromatic N) is 1. The molecule has 0 saturated heterocycles. The SMILES string of the molecule is Cc1ccc(CN(C=O)Cc2ccccc2)cc1. The molecule has 0 unspecified atom stereocenters. The second kappa shape index (κ2) is 6.01. The summed E-state index contributed by atoms with van der Waals surface area (Å²) in [7, 11) is 0. The fourth-order valence-corrected chi connectivity index (χ4v) is 1.88. The van der Waals surface area contributed by atoms with Crippen molar-refractivity contribution in [2.45, 2.75) is 20.0 Å². The van der Waals surface area contributed by atoms with Crippen molar-refractivity contribution in [2.75, 3.05) is 0 Å². The van der Waals surface area contributed by atoms with Crippen LogP contribution >= 0.6 is 0 Å². The van der Waals surface area contributed by atoms with Crippen LogP contribution in [0.2, 0.25) is 0 Å². The quantitative estimate of drug-likeness (QED) is 0.734. The average molecular weight is 239 g/mol. The number of carbonyl (C=O) groups excluding carboxylic acids is 1. The summed E-state index contributed by atoms with van der Waals surface area (Å²) in [5.41, 5.74) is 3.54. The van der Waals surface area contributed by atoms with E-state index in [4.69, 9.17) is 0 Å². The maximum atomic E-state index is 11.1. The predicted molar refractivity (Wildman–Crippen MR) is 72.9 cm³/mol. The normalized spacial score (nSPS) is 10.1. The van der Waals surface area contributed by atoms with Gasteiger partial charge in [0.1, 0.15) is 0 Å². The molecule has 18 heavy (non-hydrogen) atoms. The van der Waals surface area contributed by atoms with E-state index >= 15 is 0 Å². The lowest BCUT2D eigenvalue weighted by Crippen LogP contribution is -2.20. The lowest BCUT2D eigenvalue weighted by atomic mass is 10.1. The maximum absolute atomic E-state index is 11.1. The highest BCUT2D eigenvalue weighted by Gasteiger charge is 2.03. The molecule has 0 aliphatic heterocycles. The first kappa shape index (κ1) is 12.4. The first-order valence-electron chi connectivity index (χ1n) is 6.07. The second-order valence-electron chi connectivity index (χ2n) is 4.48. The Morgan fingerprint density at radius 1 is 0.889 bits per heavy atom. The number of rotatable bonds is 5. The Morgan fingerprint density at radius 3 is 2.00 bits per heavy atom. The molecule has 0 bridgehead atoms. The number of hydrogen-bond acceptors (Lipinski definition) is 1. The highest BCUT2D eigenvalue weighted by Crippen LogP contribution is 2.09. The first-order chi connectivity index (χ1) is 8.78. The van der Waals surface area contributed by atoms with Crippen molar-refractivity contribution in [1.82, 2.24) is 4.90 Å². The van der Waals surface area contributed by atoms with Gasteiger partial charge in [-0.25, -0.2) is 0 Å². The Kier molecular flexibility index (Phi) is 4.13. The smallest absolute Gasteiger partial charge is 0.210 e. The molecule has 0 aliphatic carbocycles. The van der Waals surface area contributed by atoms with Crippen LogP contribution < -0.4 is 0 Å². The summed E-state index contributed by atoms with van der Waals surface area (Å²) in [5, 5.41) is 0. The minimum absolute atomic E-state index is 0.651. The van der Waals surface area contributed by atoms with Crippen molar-refractivity contribution in [3.05, 3.63) is 71.3 Å². The highest BCUT2D eigenvalue weighted by atomic mass is 16.1. The molecule has 2 aromatic rings. The molecule has 0 radical (unpaired) electrons. The lowest BCUT2D eigenvalue weighted by molar-refractivity contribution is -0.119. The zero-order valence-corrected chi connectivity index (χ0v) is 10.5. The van der Waals surface area contributed by atoms with Gasteiger partial charge < -0.3 is 4.90 Å². The van der Waals surface area contributed by atoms with Crippen LogP contribution in [-0.4, -0.2) is 11.3 Å². The van der Waals surface area contributed by atoms with Gasteiger partial charge in [0.15, 0.2) is 0 Å². The van der Waals surface area contributed by atoms with Gasteiger partial charge >= 0.3 is 0 Å². The topological polar surface area (TPSA) is 20.3 Å². The van der Waals surface area contributed by atoms with E-state index in [0.717, 1.165) is 17.5 Å². The molecule has 0 aliphatic rings. The summed E-state index contributed by atoms with van der Waals surface area (Å²) in [5.74, 6) is 0.